The predicted molar refractivity (Wildman–Crippen MR) is 108 cm³/mol. The Labute approximate surface area is 159 Å². The molecule has 0 bridgehead atoms. The van der Waals surface area contributed by atoms with Crippen LogP contribution in [0.1, 0.15) is 90.9 Å². The minimum atomic E-state index is -0.711. The molecule has 0 aromatic heterocycles. The summed E-state index contributed by atoms with van der Waals surface area (Å²) in [6.07, 6.45) is 21.6. The molecule has 0 aliphatic carbocycles. The minimum Gasteiger partial charge on any atom is -0.481 e. The Kier molecular flexibility index (Phi) is 23.6. The zero-order valence-corrected chi connectivity index (χ0v) is 16.8. The van der Waals surface area contributed by atoms with Gasteiger partial charge in [0.1, 0.15) is 0 Å². The maximum Gasteiger partial charge on any atom is 0.404 e. The highest BCUT2D eigenvalue weighted by Crippen LogP contribution is 2.08. The van der Waals surface area contributed by atoms with Crippen molar-refractivity contribution in [1.82, 2.24) is 0 Å². The maximum absolute atomic E-state index is 10.3. The van der Waals surface area contributed by atoms with Crippen LogP contribution in [0.3, 0.4) is 0 Å². The molecule has 0 rings (SSSR count). The minimum absolute atomic E-state index is 0.324. The highest BCUT2D eigenvalue weighted by atomic mass is 16.5. The highest BCUT2D eigenvalue weighted by molar-refractivity contribution is 5.66. The number of rotatable bonds is 15. The Morgan fingerprint density at radius 2 is 1.38 bits per heavy atom. The smallest absolute Gasteiger partial charge is 0.404 e. The lowest BCUT2D eigenvalue weighted by atomic mass is 10.1. The average molecular weight is 370 g/mol. The van der Waals surface area contributed by atoms with Gasteiger partial charge in [-0.25, -0.2) is 4.79 Å². The van der Waals surface area contributed by atoms with E-state index >= 15 is 0 Å². The fourth-order valence-corrected chi connectivity index (χ4v) is 2.23. The number of aliphatic carboxylic acids is 1. The van der Waals surface area contributed by atoms with Crippen molar-refractivity contribution in [2.45, 2.75) is 90.9 Å². The number of hydrogen-bond donors (Lipinski definition) is 2. The predicted octanol–water partition coefficient (Wildman–Crippen LogP) is 5.99. The molecule has 0 radical (unpaired) electrons. The standard InChI is InChI=1S/C18H32O2.C3H7NO2/c1-2-3-4-5-6-7-8-9-10-11-12-13-14-15-16-17-18(19)20;1-2-6-3(4)5/h6-7,9-10H,2-5,8,11-17H2,1H3,(H,19,20);2H2,1H3,(H2,4,5)/b7-6-,10-9-;. The molecule has 0 fully saturated rings. The van der Waals surface area contributed by atoms with Gasteiger partial charge in [-0.2, -0.15) is 0 Å². The zero-order valence-electron chi connectivity index (χ0n) is 16.8. The van der Waals surface area contributed by atoms with Gasteiger partial charge in [0, 0.05) is 6.42 Å². The fraction of sp³-hybridized carbons (Fsp3) is 0.714. The molecule has 152 valence electrons. The first-order valence-electron chi connectivity index (χ1n) is 9.98. The van der Waals surface area contributed by atoms with Crippen LogP contribution in [0.15, 0.2) is 24.3 Å². The summed E-state index contributed by atoms with van der Waals surface area (Å²) >= 11 is 0. The summed E-state index contributed by atoms with van der Waals surface area (Å²) < 4.78 is 4.18. The molecular weight excluding hydrogens is 330 g/mol. The van der Waals surface area contributed by atoms with E-state index < -0.39 is 12.1 Å². The van der Waals surface area contributed by atoms with Gasteiger partial charge < -0.3 is 15.6 Å². The summed E-state index contributed by atoms with van der Waals surface area (Å²) in [4.78, 5) is 19.9. The molecule has 0 heterocycles. The second-order valence-corrected chi connectivity index (χ2v) is 6.13. The number of carbonyl (C=O) groups is 2. The number of unbranched alkanes of at least 4 members (excludes halogenated alkanes) is 8. The Morgan fingerprint density at radius 3 is 1.85 bits per heavy atom. The van der Waals surface area contributed by atoms with Crippen molar-refractivity contribution in [3.05, 3.63) is 24.3 Å². The van der Waals surface area contributed by atoms with Gasteiger partial charge in [-0.15, -0.1) is 0 Å². The van der Waals surface area contributed by atoms with Crippen LogP contribution in [0.5, 0.6) is 0 Å². The molecule has 5 nitrogen and oxygen atoms in total. The molecule has 26 heavy (non-hydrogen) atoms. The fourth-order valence-electron chi connectivity index (χ4n) is 2.23. The zero-order chi connectivity index (χ0) is 19.9. The Balaban J connectivity index is 0. The third-order valence-electron chi connectivity index (χ3n) is 3.63. The van der Waals surface area contributed by atoms with Crippen LogP contribution in [0.2, 0.25) is 0 Å². The lowest BCUT2D eigenvalue weighted by Crippen LogP contribution is -2.11. The van der Waals surface area contributed by atoms with Crippen LogP contribution in [0.25, 0.3) is 0 Å². The van der Waals surface area contributed by atoms with Crippen LogP contribution < -0.4 is 5.73 Å². The van der Waals surface area contributed by atoms with E-state index in [1.807, 2.05) is 0 Å². The largest absolute Gasteiger partial charge is 0.481 e. The van der Waals surface area contributed by atoms with E-state index in [0.717, 1.165) is 25.7 Å². The maximum atomic E-state index is 10.3. The average Bonchev–Trinajstić information content (AvgIpc) is 2.58. The van der Waals surface area contributed by atoms with Crippen molar-refractivity contribution in [3.8, 4) is 0 Å². The summed E-state index contributed by atoms with van der Waals surface area (Å²) in [6.45, 7) is 4.29. The molecule has 0 unspecified atom stereocenters. The Hall–Kier alpha value is -1.78. The Bertz CT molecular complexity index is 378. The Morgan fingerprint density at radius 1 is 0.846 bits per heavy atom. The first kappa shape index (κ1) is 26.4. The first-order valence-corrected chi connectivity index (χ1v) is 9.98. The third kappa shape index (κ3) is 30.1. The number of allylic oxidation sites excluding steroid dienone is 4. The first-order chi connectivity index (χ1) is 12.5. The van der Waals surface area contributed by atoms with Gasteiger partial charge in [-0.3, -0.25) is 4.79 Å². The van der Waals surface area contributed by atoms with Crippen molar-refractivity contribution in [3.63, 3.8) is 0 Å². The van der Waals surface area contributed by atoms with E-state index in [-0.39, 0.29) is 0 Å². The molecule has 0 aromatic rings. The monoisotopic (exact) mass is 369 g/mol. The lowest BCUT2D eigenvalue weighted by Gasteiger charge is -1.98. The van der Waals surface area contributed by atoms with E-state index in [4.69, 9.17) is 5.11 Å². The van der Waals surface area contributed by atoms with E-state index in [9.17, 15) is 9.59 Å². The van der Waals surface area contributed by atoms with Gasteiger partial charge >= 0.3 is 12.1 Å². The molecular formula is C21H39NO4. The number of primary amides is 1. The normalized spacial score (nSPS) is 10.7. The number of hydrogen-bond acceptors (Lipinski definition) is 3. The molecule has 0 aliphatic rings. The molecule has 0 aliphatic heterocycles. The van der Waals surface area contributed by atoms with Crippen LogP contribution in [-0.2, 0) is 9.53 Å². The molecule has 0 spiro atoms. The van der Waals surface area contributed by atoms with Crippen molar-refractivity contribution >= 4 is 12.1 Å². The van der Waals surface area contributed by atoms with Crippen molar-refractivity contribution in [2.75, 3.05) is 6.61 Å². The molecule has 3 N–H and O–H groups in total. The summed E-state index contributed by atoms with van der Waals surface area (Å²) in [5.74, 6) is -0.671. The van der Waals surface area contributed by atoms with E-state index in [1.54, 1.807) is 6.92 Å². The summed E-state index contributed by atoms with van der Waals surface area (Å²) in [5, 5.41) is 8.50. The second-order valence-electron chi connectivity index (χ2n) is 6.13. The highest BCUT2D eigenvalue weighted by Gasteiger charge is 1.95. The van der Waals surface area contributed by atoms with Gasteiger partial charge in [0.25, 0.3) is 0 Å². The van der Waals surface area contributed by atoms with Gasteiger partial charge in [-0.05, 0) is 45.4 Å². The number of carbonyl (C=O) groups excluding carboxylic acids is 1. The number of amides is 1. The third-order valence-corrected chi connectivity index (χ3v) is 3.63. The van der Waals surface area contributed by atoms with Crippen molar-refractivity contribution in [2.24, 2.45) is 5.73 Å². The molecule has 5 heteroatoms. The number of carboxylic acid groups (broad SMARTS) is 1. The van der Waals surface area contributed by atoms with Crippen LogP contribution in [-0.4, -0.2) is 23.8 Å². The van der Waals surface area contributed by atoms with Gasteiger partial charge in [0.2, 0.25) is 0 Å². The number of nitrogens with two attached hydrogens (primary N) is 1. The molecule has 0 atom stereocenters. The van der Waals surface area contributed by atoms with E-state index in [1.165, 1.54) is 44.9 Å². The summed E-state index contributed by atoms with van der Waals surface area (Å²) in [7, 11) is 0. The summed E-state index contributed by atoms with van der Waals surface area (Å²) in [6, 6.07) is 0. The molecule has 0 aromatic carbocycles. The molecule has 0 saturated heterocycles. The van der Waals surface area contributed by atoms with Gasteiger partial charge in [-0.1, -0.05) is 63.3 Å². The van der Waals surface area contributed by atoms with Gasteiger partial charge in [0.05, 0.1) is 6.61 Å². The SMILES string of the molecule is CCCCC/C=C\C/C=C\CCCCCCCC(=O)O.CCOC(N)=O. The van der Waals surface area contributed by atoms with Crippen LogP contribution >= 0.6 is 0 Å². The topological polar surface area (TPSA) is 89.6 Å². The second kappa shape index (κ2) is 23.2. The summed E-state index contributed by atoms with van der Waals surface area (Å²) in [5.41, 5.74) is 4.54. The van der Waals surface area contributed by atoms with Crippen molar-refractivity contribution in [1.29, 1.82) is 0 Å². The lowest BCUT2D eigenvalue weighted by molar-refractivity contribution is -0.137. The quantitative estimate of drug-likeness (QED) is 0.274. The van der Waals surface area contributed by atoms with E-state index in [2.05, 4.69) is 41.7 Å². The number of ether oxygens (including phenoxy) is 1. The van der Waals surface area contributed by atoms with E-state index in [0.29, 0.717) is 13.0 Å². The molecule has 1 amide bonds. The van der Waals surface area contributed by atoms with Crippen LogP contribution in [0, 0.1) is 0 Å². The van der Waals surface area contributed by atoms with Crippen LogP contribution in [0.4, 0.5) is 4.79 Å². The molecule has 0 saturated carbocycles. The number of carboxylic acids is 1. The van der Waals surface area contributed by atoms with Crippen molar-refractivity contribution < 1.29 is 19.4 Å². The van der Waals surface area contributed by atoms with Gasteiger partial charge in [0.15, 0.2) is 0 Å².